The molecule has 1 N–H and O–H groups in total. The van der Waals surface area contributed by atoms with Gasteiger partial charge in [0.2, 0.25) is 0 Å². The molecular formula is C20H14FN5O3. The maximum absolute atomic E-state index is 14.0. The van der Waals surface area contributed by atoms with Crippen molar-refractivity contribution >= 4 is 23.6 Å². The Labute approximate surface area is 164 Å². The Bertz CT molecular complexity index is 1150. The Hall–Kier alpha value is -4.32. The van der Waals surface area contributed by atoms with Crippen LogP contribution in [-0.4, -0.2) is 33.8 Å². The number of hydrogen-bond acceptors (Lipinski definition) is 6. The number of hydrogen-bond donors (Lipinski definition) is 1. The maximum atomic E-state index is 14.0. The van der Waals surface area contributed by atoms with Crippen LogP contribution in [-0.2, 0) is 4.74 Å². The summed E-state index contributed by atoms with van der Waals surface area (Å²) in [6, 6.07) is 8.83. The van der Waals surface area contributed by atoms with Crippen LogP contribution in [0.4, 0.5) is 10.1 Å². The summed E-state index contributed by atoms with van der Waals surface area (Å²) in [4.78, 5) is 24.4. The molecule has 3 rings (SSSR count). The van der Waals surface area contributed by atoms with Crippen molar-refractivity contribution in [1.82, 2.24) is 14.8 Å². The first kappa shape index (κ1) is 19.4. The second kappa shape index (κ2) is 8.14. The summed E-state index contributed by atoms with van der Waals surface area (Å²) in [5, 5.41) is 19.2. The van der Waals surface area contributed by atoms with Crippen LogP contribution < -0.4 is 5.32 Å². The number of methoxy groups -OCH3 is 1. The van der Waals surface area contributed by atoms with Crippen molar-refractivity contribution < 1.29 is 18.7 Å². The highest BCUT2D eigenvalue weighted by atomic mass is 19.1. The molecule has 1 amide bonds. The number of carbonyl (C=O) groups excluding carboxylic acids is 2. The summed E-state index contributed by atoms with van der Waals surface area (Å²) >= 11 is 0. The van der Waals surface area contributed by atoms with Gasteiger partial charge >= 0.3 is 5.97 Å². The average Bonchev–Trinajstić information content (AvgIpc) is 3.23. The molecule has 0 bridgehead atoms. The van der Waals surface area contributed by atoms with Crippen molar-refractivity contribution in [2.75, 3.05) is 12.4 Å². The summed E-state index contributed by atoms with van der Waals surface area (Å²) in [7, 11) is 1.15. The standard InChI is InChI=1S/C20H14FN5O3/c1-3-13-8-17(14(9-15(13)21)20(28)29-2)23-19(27)16-4-5-18(25-24-16)26-7-6-12(10-22)11-26/h3-9,11H,1H2,2H3,(H,23,27). The fourth-order valence-electron chi connectivity index (χ4n) is 2.50. The molecule has 0 unspecified atom stereocenters. The van der Waals surface area contributed by atoms with Gasteiger partial charge in [0, 0.05) is 18.0 Å². The van der Waals surface area contributed by atoms with E-state index >= 15 is 0 Å². The summed E-state index contributed by atoms with van der Waals surface area (Å²) in [6.45, 7) is 3.50. The highest BCUT2D eigenvalue weighted by molar-refractivity contribution is 6.07. The highest BCUT2D eigenvalue weighted by Crippen LogP contribution is 2.23. The third-order valence-corrected chi connectivity index (χ3v) is 3.98. The number of halogens is 1. The lowest BCUT2D eigenvalue weighted by atomic mass is 10.1. The molecule has 1 aromatic carbocycles. The van der Waals surface area contributed by atoms with Gasteiger partial charge in [0.15, 0.2) is 11.5 Å². The molecule has 9 heteroatoms. The van der Waals surface area contributed by atoms with Gasteiger partial charge in [-0.3, -0.25) is 4.79 Å². The Kier molecular flexibility index (Phi) is 5.46. The molecule has 0 saturated carbocycles. The molecule has 0 spiro atoms. The normalized spacial score (nSPS) is 10.1. The summed E-state index contributed by atoms with van der Waals surface area (Å²) in [5.74, 6) is -1.72. The molecule has 0 radical (unpaired) electrons. The predicted octanol–water partition coefficient (Wildman–Crippen LogP) is 2.96. The molecule has 0 aliphatic carbocycles. The SMILES string of the molecule is C=Cc1cc(NC(=O)c2ccc(-n3ccc(C#N)c3)nn2)c(C(=O)OC)cc1F. The first-order chi connectivity index (χ1) is 14.0. The fourth-order valence-corrected chi connectivity index (χ4v) is 2.50. The van der Waals surface area contributed by atoms with E-state index in [0.29, 0.717) is 11.4 Å². The molecule has 8 nitrogen and oxygen atoms in total. The van der Waals surface area contributed by atoms with Crippen LogP contribution in [0, 0.1) is 17.1 Å². The van der Waals surface area contributed by atoms with Crippen molar-refractivity contribution in [2.45, 2.75) is 0 Å². The van der Waals surface area contributed by atoms with Gasteiger partial charge in [-0.05, 0) is 30.3 Å². The van der Waals surface area contributed by atoms with Gasteiger partial charge < -0.3 is 14.6 Å². The van der Waals surface area contributed by atoms with E-state index in [0.717, 1.165) is 13.2 Å². The van der Waals surface area contributed by atoms with Gasteiger partial charge in [-0.15, -0.1) is 10.2 Å². The third kappa shape index (κ3) is 4.01. The number of rotatable bonds is 5. The molecule has 29 heavy (non-hydrogen) atoms. The molecule has 2 heterocycles. The van der Waals surface area contributed by atoms with Gasteiger partial charge in [-0.25, -0.2) is 9.18 Å². The Morgan fingerprint density at radius 3 is 2.69 bits per heavy atom. The first-order valence-corrected chi connectivity index (χ1v) is 8.24. The van der Waals surface area contributed by atoms with E-state index in [-0.39, 0.29) is 22.5 Å². The van der Waals surface area contributed by atoms with E-state index in [1.165, 1.54) is 18.2 Å². The van der Waals surface area contributed by atoms with E-state index in [2.05, 4.69) is 26.8 Å². The van der Waals surface area contributed by atoms with Crippen molar-refractivity contribution in [2.24, 2.45) is 0 Å². The number of esters is 1. The van der Waals surface area contributed by atoms with E-state index in [9.17, 15) is 14.0 Å². The Balaban J connectivity index is 1.87. The molecule has 2 aromatic heterocycles. The largest absolute Gasteiger partial charge is 0.465 e. The second-order valence-electron chi connectivity index (χ2n) is 5.77. The predicted molar refractivity (Wildman–Crippen MR) is 102 cm³/mol. The quantitative estimate of drug-likeness (QED) is 0.670. The van der Waals surface area contributed by atoms with Gasteiger partial charge in [0.1, 0.15) is 11.9 Å². The number of amides is 1. The van der Waals surface area contributed by atoms with Crippen LogP contribution in [0.5, 0.6) is 0 Å². The minimum absolute atomic E-state index is 0.0262. The van der Waals surface area contributed by atoms with Crippen molar-refractivity contribution in [3.63, 3.8) is 0 Å². The van der Waals surface area contributed by atoms with E-state index in [4.69, 9.17) is 5.26 Å². The molecule has 0 aliphatic heterocycles. The van der Waals surface area contributed by atoms with E-state index < -0.39 is 17.7 Å². The lowest BCUT2D eigenvalue weighted by Crippen LogP contribution is -2.18. The van der Waals surface area contributed by atoms with Crippen molar-refractivity contribution in [1.29, 1.82) is 5.26 Å². The minimum atomic E-state index is -0.808. The van der Waals surface area contributed by atoms with Crippen LogP contribution in [0.2, 0.25) is 0 Å². The zero-order valence-corrected chi connectivity index (χ0v) is 15.2. The minimum Gasteiger partial charge on any atom is -0.465 e. The second-order valence-corrected chi connectivity index (χ2v) is 5.77. The van der Waals surface area contributed by atoms with E-state index in [1.807, 2.05) is 6.07 Å². The third-order valence-electron chi connectivity index (χ3n) is 3.98. The van der Waals surface area contributed by atoms with Gasteiger partial charge in [-0.2, -0.15) is 5.26 Å². The van der Waals surface area contributed by atoms with Crippen molar-refractivity contribution in [3.8, 4) is 11.9 Å². The number of aromatic nitrogens is 3. The van der Waals surface area contributed by atoms with Crippen LogP contribution in [0.1, 0.15) is 32.0 Å². The number of nitrogens with zero attached hydrogens (tertiary/aromatic N) is 4. The summed E-state index contributed by atoms with van der Waals surface area (Å²) < 4.78 is 20.2. The molecule has 0 saturated heterocycles. The Morgan fingerprint density at radius 2 is 2.10 bits per heavy atom. The van der Waals surface area contributed by atoms with Crippen molar-refractivity contribution in [3.05, 3.63) is 77.5 Å². The van der Waals surface area contributed by atoms with Crippen LogP contribution >= 0.6 is 0 Å². The average molecular weight is 391 g/mol. The molecule has 3 aromatic rings. The number of carbonyl (C=O) groups is 2. The summed E-state index contributed by atoms with van der Waals surface area (Å²) in [5.41, 5.74) is 0.438. The smallest absolute Gasteiger partial charge is 0.340 e. The Morgan fingerprint density at radius 1 is 1.31 bits per heavy atom. The molecule has 0 atom stereocenters. The summed E-state index contributed by atoms with van der Waals surface area (Å²) in [6.07, 6.45) is 4.47. The van der Waals surface area contributed by atoms with Gasteiger partial charge in [0.25, 0.3) is 5.91 Å². The first-order valence-electron chi connectivity index (χ1n) is 8.24. The zero-order chi connectivity index (χ0) is 21.0. The molecular weight excluding hydrogens is 377 g/mol. The number of nitriles is 1. The lowest BCUT2D eigenvalue weighted by Gasteiger charge is -2.11. The maximum Gasteiger partial charge on any atom is 0.340 e. The van der Waals surface area contributed by atoms with Gasteiger partial charge in [0.05, 0.1) is 23.9 Å². The zero-order valence-electron chi connectivity index (χ0n) is 15.2. The lowest BCUT2D eigenvalue weighted by molar-refractivity contribution is 0.0601. The number of ether oxygens (including phenoxy) is 1. The van der Waals surface area contributed by atoms with Crippen LogP contribution in [0.25, 0.3) is 11.9 Å². The number of benzene rings is 1. The molecule has 144 valence electrons. The van der Waals surface area contributed by atoms with E-state index in [1.54, 1.807) is 29.1 Å². The fraction of sp³-hybridized carbons (Fsp3) is 0.0500. The van der Waals surface area contributed by atoms with Gasteiger partial charge in [-0.1, -0.05) is 12.7 Å². The number of nitrogens with one attached hydrogen (secondary N) is 1. The van der Waals surface area contributed by atoms with Crippen LogP contribution in [0.3, 0.4) is 0 Å². The topological polar surface area (TPSA) is 110 Å². The monoisotopic (exact) mass is 391 g/mol. The highest BCUT2D eigenvalue weighted by Gasteiger charge is 2.19. The van der Waals surface area contributed by atoms with Crippen LogP contribution in [0.15, 0.2) is 49.3 Å². The molecule has 0 aliphatic rings. The number of anilines is 1. The molecule has 0 fully saturated rings.